The van der Waals surface area contributed by atoms with Crippen molar-refractivity contribution in [2.45, 2.75) is 0 Å². The summed E-state index contributed by atoms with van der Waals surface area (Å²) in [5, 5.41) is 3.64. The molecule has 0 aliphatic carbocycles. The highest BCUT2D eigenvalue weighted by Crippen LogP contribution is 2.38. The number of hydrogen-bond donors (Lipinski definition) is 0. The van der Waals surface area contributed by atoms with Gasteiger partial charge in [-0.25, -0.2) is 0 Å². The Hall–Kier alpha value is -5.86. The second-order valence-electron chi connectivity index (χ2n) is 11.0. The second kappa shape index (κ2) is 11.1. The molecule has 0 saturated heterocycles. The molecule has 2 nitrogen and oxygen atoms in total. The van der Waals surface area contributed by atoms with E-state index in [-0.39, 0.29) is 0 Å². The number of rotatable bonds is 6. The largest absolute Gasteiger partial charge is 0.456 e. The molecule has 0 N–H and O–H groups in total. The molecule has 0 unspecified atom stereocenters. The lowest BCUT2D eigenvalue weighted by atomic mass is 9.96. The predicted molar refractivity (Wildman–Crippen MR) is 185 cm³/mol. The summed E-state index contributed by atoms with van der Waals surface area (Å²) in [7, 11) is 0. The Morgan fingerprint density at radius 2 is 0.955 bits per heavy atom. The van der Waals surface area contributed by atoms with Crippen LogP contribution in [0.2, 0.25) is 0 Å². The van der Waals surface area contributed by atoms with Crippen LogP contribution < -0.4 is 4.90 Å². The first-order chi connectivity index (χ1) is 21.8. The minimum Gasteiger partial charge on any atom is -0.456 e. The Labute approximate surface area is 257 Å². The average Bonchev–Trinajstić information content (AvgIpc) is 3.54. The molecule has 8 aromatic rings. The van der Waals surface area contributed by atoms with Crippen molar-refractivity contribution in [1.82, 2.24) is 0 Å². The van der Waals surface area contributed by atoms with Crippen molar-refractivity contribution in [1.29, 1.82) is 0 Å². The zero-order valence-corrected chi connectivity index (χ0v) is 24.1. The fraction of sp³-hybridized carbons (Fsp3) is 0. The van der Waals surface area contributed by atoms with Gasteiger partial charge in [0.2, 0.25) is 0 Å². The van der Waals surface area contributed by atoms with Crippen molar-refractivity contribution in [2.75, 3.05) is 4.90 Å². The standard InChI is InChI=1S/C42H29NO/c1-2-14-36(15-3-1)43(38-16-8-13-34(28-38)42-29-35-11-5-7-19-41(35)44-42)37-26-24-31(25-27-37)30-20-22-33(23-21-30)40-18-9-12-32-10-4-6-17-39(32)40/h1-29H. The molecule has 0 atom stereocenters. The van der Waals surface area contributed by atoms with E-state index in [0.29, 0.717) is 0 Å². The molecule has 0 saturated carbocycles. The SMILES string of the molecule is c1ccc(N(c2ccc(-c3ccc(-c4cccc5ccccc45)cc3)cc2)c2cccc(-c3cc4ccccc4o3)c2)cc1. The van der Waals surface area contributed by atoms with E-state index in [4.69, 9.17) is 4.42 Å². The maximum absolute atomic E-state index is 6.20. The third-order valence-corrected chi connectivity index (χ3v) is 8.27. The first kappa shape index (κ1) is 25.8. The minimum absolute atomic E-state index is 0.864. The average molecular weight is 564 g/mol. The lowest BCUT2D eigenvalue weighted by Gasteiger charge is -2.26. The van der Waals surface area contributed by atoms with Crippen molar-refractivity contribution in [3.63, 3.8) is 0 Å². The first-order valence-electron chi connectivity index (χ1n) is 14.9. The van der Waals surface area contributed by atoms with Gasteiger partial charge in [0.05, 0.1) is 0 Å². The summed E-state index contributed by atoms with van der Waals surface area (Å²) in [5.41, 5.74) is 10.1. The molecular formula is C42H29NO. The van der Waals surface area contributed by atoms with Gasteiger partial charge in [0.1, 0.15) is 11.3 Å². The molecule has 0 bridgehead atoms. The smallest absolute Gasteiger partial charge is 0.135 e. The van der Waals surface area contributed by atoms with Crippen molar-refractivity contribution < 1.29 is 4.42 Å². The van der Waals surface area contributed by atoms with Gasteiger partial charge in [0, 0.05) is 28.0 Å². The number of anilines is 3. The number of hydrogen-bond acceptors (Lipinski definition) is 2. The molecule has 8 rings (SSSR count). The number of furan rings is 1. The molecule has 44 heavy (non-hydrogen) atoms. The normalized spacial score (nSPS) is 11.2. The van der Waals surface area contributed by atoms with Crippen LogP contribution in [-0.2, 0) is 0 Å². The van der Waals surface area contributed by atoms with E-state index in [9.17, 15) is 0 Å². The molecule has 7 aromatic carbocycles. The summed E-state index contributed by atoms with van der Waals surface area (Å²) in [6.07, 6.45) is 0. The molecule has 2 heteroatoms. The zero-order chi connectivity index (χ0) is 29.3. The highest BCUT2D eigenvalue weighted by atomic mass is 16.3. The second-order valence-corrected chi connectivity index (χ2v) is 11.0. The molecule has 0 radical (unpaired) electrons. The molecule has 1 heterocycles. The Morgan fingerprint density at radius 1 is 0.364 bits per heavy atom. The highest BCUT2D eigenvalue weighted by Gasteiger charge is 2.15. The van der Waals surface area contributed by atoms with Crippen LogP contribution in [0.3, 0.4) is 0 Å². The predicted octanol–water partition coefficient (Wildman–Crippen LogP) is 12.1. The quantitative estimate of drug-likeness (QED) is 0.200. The van der Waals surface area contributed by atoms with Gasteiger partial charge in [0.25, 0.3) is 0 Å². The van der Waals surface area contributed by atoms with Crippen LogP contribution in [0.5, 0.6) is 0 Å². The van der Waals surface area contributed by atoms with Crippen LogP contribution in [0.15, 0.2) is 180 Å². The number of fused-ring (bicyclic) bond motifs is 2. The monoisotopic (exact) mass is 563 g/mol. The van der Waals surface area contributed by atoms with E-state index < -0.39 is 0 Å². The van der Waals surface area contributed by atoms with Gasteiger partial charge in [-0.1, -0.05) is 127 Å². The first-order valence-corrected chi connectivity index (χ1v) is 14.9. The lowest BCUT2D eigenvalue weighted by molar-refractivity contribution is 0.631. The number of benzene rings is 7. The lowest BCUT2D eigenvalue weighted by Crippen LogP contribution is -2.09. The number of para-hydroxylation sites is 2. The van der Waals surface area contributed by atoms with E-state index in [2.05, 4.69) is 163 Å². The molecule has 0 amide bonds. The highest BCUT2D eigenvalue weighted by molar-refractivity contribution is 5.97. The van der Waals surface area contributed by atoms with E-state index >= 15 is 0 Å². The number of nitrogens with zero attached hydrogens (tertiary/aromatic N) is 1. The van der Waals surface area contributed by atoms with E-state index in [0.717, 1.165) is 39.4 Å². The summed E-state index contributed by atoms with van der Waals surface area (Å²) in [6.45, 7) is 0. The fourth-order valence-electron chi connectivity index (χ4n) is 6.07. The van der Waals surface area contributed by atoms with Crippen LogP contribution >= 0.6 is 0 Å². The van der Waals surface area contributed by atoms with Crippen LogP contribution in [0.1, 0.15) is 0 Å². The summed E-state index contributed by atoms with van der Waals surface area (Å²) >= 11 is 0. The van der Waals surface area contributed by atoms with Crippen molar-refractivity contribution >= 4 is 38.8 Å². The minimum atomic E-state index is 0.864. The maximum Gasteiger partial charge on any atom is 0.135 e. The third kappa shape index (κ3) is 4.83. The Balaban J connectivity index is 1.13. The third-order valence-electron chi connectivity index (χ3n) is 8.27. The van der Waals surface area contributed by atoms with Gasteiger partial charge in [-0.15, -0.1) is 0 Å². The van der Waals surface area contributed by atoms with E-state index in [1.165, 1.54) is 33.0 Å². The van der Waals surface area contributed by atoms with Gasteiger partial charge in [0.15, 0.2) is 0 Å². The van der Waals surface area contributed by atoms with Gasteiger partial charge < -0.3 is 9.32 Å². The van der Waals surface area contributed by atoms with Crippen molar-refractivity contribution in [3.8, 4) is 33.6 Å². The van der Waals surface area contributed by atoms with Gasteiger partial charge >= 0.3 is 0 Å². The molecule has 0 spiro atoms. The maximum atomic E-state index is 6.20. The van der Waals surface area contributed by atoms with Crippen LogP contribution in [0.4, 0.5) is 17.1 Å². The van der Waals surface area contributed by atoms with Crippen molar-refractivity contribution in [3.05, 3.63) is 176 Å². The topological polar surface area (TPSA) is 16.4 Å². The molecule has 0 aliphatic rings. The molecule has 0 fully saturated rings. The van der Waals surface area contributed by atoms with Crippen LogP contribution in [0, 0.1) is 0 Å². The van der Waals surface area contributed by atoms with Gasteiger partial charge in [-0.05, 0) is 81.6 Å². The van der Waals surface area contributed by atoms with Gasteiger partial charge in [-0.3, -0.25) is 0 Å². The van der Waals surface area contributed by atoms with Crippen molar-refractivity contribution in [2.24, 2.45) is 0 Å². The zero-order valence-electron chi connectivity index (χ0n) is 24.1. The van der Waals surface area contributed by atoms with E-state index in [1.807, 2.05) is 18.2 Å². The van der Waals surface area contributed by atoms with Gasteiger partial charge in [-0.2, -0.15) is 0 Å². The summed E-state index contributed by atoms with van der Waals surface area (Å²) in [4.78, 5) is 2.29. The van der Waals surface area contributed by atoms with E-state index in [1.54, 1.807) is 0 Å². The molecule has 0 aliphatic heterocycles. The molecule has 1 aromatic heterocycles. The van der Waals surface area contributed by atoms with Crippen LogP contribution in [0.25, 0.3) is 55.3 Å². The summed E-state index contributed by atoms with van der Waals surface area (Å²) < 4.78 is 6.20. The summed E-state index contributed by atoms with van der Waals surface area (Å²) in [6, 6.07) is 62.1. The summed E-state index contributed by atoms with van der Waals surface area (Å²) in [5.74, 6) is 0.864. The van der Waals surface area contributed by atoms with Crippen LogP contribution in [-0.4, -0.2) is 0 Å². The Kier molecular flexibility index (Phi) is 6.51. The Bertz CT molecular complexity index is 2170. The fourth-order valence-corrected chi connectivity index (χ4v) is 6.07. The Morgan fingerprint density at radius 3 is 1.75 bits per heavy atom. The molecule has 208 valence electrons. The molecular weight excluding hydrogens is 534 g/mol.